The first kappa shape index (κ1) is 14.8. The van der Waals surface area contributed by atoms with E-state index >= 15 is 0 Å². The highest BCUT2D eigenvalue weighted by molar-refractivity contribution is 6.31. The lowest BCUT2D eigenvalue weighted by molar-refractivity contribution is -0.526. The quantitative estimate of drug-likeness (QED) is 0.594. The van der Waals surface area contributed by atoms with Crippen LogP contribution >= 0.6 is 11.6 Å². The van der Waals surface area contributed by atoms with Crippen LogP contribution in [0.5, 0.6) is 0 Å². The molecule has 0 bridgehead atoms. The normalized spacial score (nSPS) is 21.2. The first-order chi connectivity index (χ1) is 10.7. The molecular weight excluding hydrogens is 298 g/mol. The summed E-state index contributed by atoms with van der Waals surface area (Å²) in [5, 5.41) is 12.2. The lowest BCUT2D eigenvalue weighted by Gasteiger charge is -2.26. The Labute approximate surface area is 134 Å². The molecule has 112 valence electrons. The molecule has 2 aromatic carbocycles. The summed E-state index contributed by atoms with van der Waals surface area (Å²) in [5.74, 6) is -0.170. The third-order valence-electron chi connectivity index (χ3n) is 4.23. The van der Waals surface area contributed by atoms with Crippen molar-refractivity contribution in [3.8, 4) is 0 Å². The number of benzene rings is 2. The fourth-order valence-electron chi connectivity index (χ4n) is 3.10. The van der Waals surface area contributed by atoms with Gasteiger partial charge < -0.3 is 0 Å². The summed E-state index contributed by atoms with van der Waals surface area (Å²) >= 11 is 6.24. The van der Waals surface area contributed by atoms with Gasteiger partial charge >= 0.3 is 0 Å². The molecule has 0 aromatic heterocycles. The molecule has 4 heteroatoms. The third kappa shape index (κ3) is 2.90. The van der Waals surface area contributed by atoms with Crippen LogP contribution in [0.1, 0.15) is 29.9 Å². The van der Waals surface area contributed by atoms with E-state index in [2.05, 4.69) is 6.08 Å². The van der Waals surface area contributed by atoms with Crippen molar-refractivity contribution in [3.05, 3.63) is 86.9 Å². The Morgan fingerprint density at radius 3 is 2.41 bits per heavy atom. The number of halogens is 1. The van der Waals surface area contributed by atoms with E-state index in [0.717, 1.165) is 16.7 Å². The van der Waals surface area contributed by atoms with Gasteiger partial charge in [-0.2, -0.15) is 0 Å². The highest BCUT2D eigenvalue weighted by Crippen LogP contribution is 2.39. The van der Waals surface area contributed by atoms with Crippen LogP contribution in [0.3, 0.4) is 0 Å². The molecule has 3 nitrogen and oxygen atoms in total. The molecule has 22 heavy (non-hydrogen) atoms. The summed E-state index contributed by atoms with van der Waals surface area (Å²) in [5.41, 5.74) is 2.98. The van der Waals surface area contributed by atoms with Crippen molar-refractivity contribution >= 4 is 17.2 Å². The monoisotopic (exact) mass is 313 g/mol. The number of hydrogen-bond acceptors (Lipinski definition) is 2. The number of nitrogens with zero attached hydrogens (tertiary/aromatic N) is 1. The summed E-state index contributed by atoms with van der Waals surface area (Å²) < 4.78 is 0. The maximum Gasteiger partial charge on any atom is 0.224 e. The molecule has 0 saturated heterocycles. The molecule has 3 rings (SSSR count). The van der Waals surface area contributed by atoms with Crippen molar-refractivity contribution in [1.82, 2.24) is 0 Å². The summed E-state index contributed by atoms with van der Waals surface area (Å²) in [6.07, 6.45) is 3.19. The SMILES string of the molecule is O=[N+]([O-])[C@@H]1CC(c2ccccc2)=CC[C@H]1c1ccccc1Cl. The summed E-state index contributed by atoms with van der Waals surface area (Å²) in [4.78, 5) is 11.4. The second kappa shape index (κ2) is 6.32. The fraction of sp³-hybridized carbons (Fsp3) is 0.222. The Morgan fingerprint density at radius 2 is 1.73 bits per heavy atom. The van der Waals surface area contributed by atoms with Gasteiger partial charge in [-0.25, -0.2) is 0 Å². The molecule has 0 saturated carbocycles. The molecule has 0 amide bonds. The predicted octanol–water partition coefficient (Wildman–Crippen LogP) is 4.95. The van der Waals surface area contributed by atoms with E-state index in [1.54, 1.807) is 6.07 Å². The molecule has 1 aliphatic carbocycles. The zero-order chi connectivity index (χ0) is 15.5. The molecule has 0 radical (unpaired) electrons. The van der Waals surface area contributed by atoms with Gasteiger partial charge in [0.1, 0.15) is 0 Å². The summed E-state index contributed by atoms with van der Waals surface area (Å²) in [6, 6.07) is 16.6. The van der Waals surface area contributed by atoms with E-state index in [9.17, 15) is 10.1 Å². The van der Waals surface area contributed by atoms with Gasteiger partial charge in [0.15, 0.2) is 0 Å². The Kier molecular flexibility index (Phi) is 4.25. The van der Waals surface area contributed by atoms with Gasteiger partial charge in [-0.05, 0) is 29.2 Å². The molecule has 1 aliphatic rings. The molecular formula is C18H16ClNO2. The summed E-state index contributed by atoms with van der Waals surface area (Å²) in [7, 11) is 0. The Balaban J connectivity index is 1.95. The number of rotatable bonds is 3. The van der Waals surface area contributed by atoms with Gasteiger partial charge in [-0.1, -0.05) is 66.2 Å². The van der Waals surface area contributed by atoms with Crippen LogP contribution in [0.4, 0.5) is 0 Å². The molecule has 0 N–H and O–H groups in total. The predicted molar refractivity (Wildman–Crippen MR) is 88.6 cm³/mol. The first-order valence-electron chi connectivity index (χ1n) is 7.29. The smallest absolute Gasteiger partial charge is 0.224 e. The minimum atomic E-state index is -0.639. The average Bonchev–Trinajstić information content (AvgIpc) is 2.55. The molecule has 0 aliphatic heterocycles. The largest absolute Gasteiger partial charge is 0.264 e. The maximum atomic E-state index is 11.6. The number of hydrogen-bond donors (Lipinski definition) is 0. The number of allylic oxidation sites excluding steroid dienone is 1. The molecule has 2 aromatic rings. The van der Waals surface area contributed by atoms with E-state index in [4.69, 9.17) is 11.6 Å². The van der Waals surface area contributed by atoms with Crippen molar-refractivity contribution in [3.63, 3.8) is 0 Å². The average molecular weight is 314 g/mol. The standard InChI is InChI=1S/C18H16ClNO2/c19-17-9-5-4-8-15(17)16-11-10-14(12-18(16)20(21)22)13-6-2-1-3-7-13/h1-10,16,18H,11-12H2/t16-,18+/m0/s1. The van der Waals surface area contributed by atoms with Gasteiger partial charge in [-0.15, -0.1) is 0 Å². The van der Waals surface area contributed by atoms with Gasteiger partial charge in [-0.3, -0.25) is 10.1 Å². The molecule has 2 atom stereocenters. The molecule has 0 spiro atoms. The minimum absolute atomic E-state index is 0.163. The highest BCUT2D eigenvalue weighted by Gasteiger charge is 2.37. The third-order valence-corrected chi connectivity index (χ3v) is 4.58. The molecule has 0 unspecified atom stereocenters. The first-order valence-corrected chi connectivity index (χ1v) is 7.67. The lowest BCUT2D eigenvalue weighted by atomic mass is 9.79. The van der Waals surface area contributed by atoms with Crippen molar-refractivity contribution < 1.29 is 4.92 Å². The van der Waals surface area contributed by atoms with Crippen LogP contribution in [-0.4, -0.2) is 11.0 Å². The van der Waals surface area contributed by atoms with Gasteiger partial charge in [0.2, 0.25) is 6.04 Å². The van der Waals surface area contributed by atoms with Gasteiger partial charge in [0, 0.05) is 16.4 Å². The van der Waals surface area contributed by atoms with Crippen LogP contribution < -0.4 is 0 Å². The Morgan fingerprint density at radius 1 is 1.05 bits per heavy atom. The maximum absolute atomic E-state index is 11.6. The molecule has 0 fully saturated rings. The van der Waals surface area contributed by atoms with Gasteiger partial charge in [0.25, 0.3) is 0 Å². The van der Waals surface area contributed by atoms with E-state index in [-0.39, 0.29) is 10.8 Å². The van der Waals surface area contributed by atoms with Crippen LogP contribution in [0.15, 0.2) is 60.7 Å². The van der Waals surface area contributed by atoms with E-state index in [1.807, 2.05) is 48.5 Å². The van der Waals surface area contributed by atoms with E-state index in [1.165, 1.54) is 0 Å². The summed E-state index contributed by atoms with van der Waals surface area (Å²) in [6.45, 7) is 0. The molecule has 0 heterocycles. The van der Waals surface area contributed by atoms with E-state index in [0.29, 0.717) is 17.9 Å². The van der Waals surface area contributed by atoms with E-state index < -0.39 is 6.04 Å². The topological polar surface area (TPSA) is 43.1 Å². The van der Waals surface area contributed by atoms with Crippen molar-refractivity contribution in [2.45, 2.75) is 24.8 Å². The second-order valence-corrected chi connectivity index (χ2v) is 5.92. The van der Waals surface area contributed by atoms with Crippen molar-refractivity contribution in [2.75, 3.05) is 0 Å². The Hall–Kier alpha value is -2.13. The van der Waals surface area contributed by atoms with Gasteiger partial charge in [0.05, 0.1) is 5.92 Å². The fourth-order valence-corrected chi connectivity index (χ4v) is 3.37. The van der Waals surface area contributed by atoms with Crippen LogP contribution in [0.2, 0.25) is 5.02 Å². The van der Waals surface area contributed by atoms with Crippen LogP contribution in [0.25, 0.3) is 5.57 Å². The highest BCUT2D eigenvalue weighted by atomic mass is 35.5. The van der Waals surface area contributed by atoms with Crippen molar-refractivity contribution in [2.24, 2.45) is 0 Å². The lowest BCUT2D eigenvalue weighted by Crippen LogP contribution is -2.30. The Bertz CT molecular complexity index is 712. The second-order valence-electron chi connectivity index (χ2n) is 5.52. The zero-order valence-corrected chi connectivity index (χ0v) is 12.7. The van der Waals surface area contributed by atoms with Crippen LogP contribution in [-0.2, 0) is 0 Å². The zero-order valence-electron chi connectivity index (χ0n) is 12.0. The van der Waals surface area contributed by atoms with Crippen LogP contribution in [0, 0.1) is 10.1 Å². The number of nitro groups is 1. The minimum Gasteiger partial charge on any atom is -0.264 e. The van der Waals surface area contributed by atoms with Crippen molar-refractivity contribution in [1.29, 1.82) is 0 Å².